The molecule has 100 valence electrons. The lowest BCUT2D eigenvalue weighted by Crippen LogP contribution is -1.91. The van der Waals surface area contributed by atoms with Gasteiger partial charge in [0.05, 0.1) is 14.2 Å². The van der Waals surface area contributed by atoms with Gasteiger partial charge in [0.1, 0.15) is 5.75 Å². The Morgan fingerprint density at radius 2 is 1.58 bits per heavy atom. The van der Waals surface area contributed by atoms with Crippen LogP contribution in [0.1, 0.15) is 11.1 Å². The summed E-state index contributed by atoms with van der Waals surface area (Å²) in [5.41, 5.74) is 3.78. The predicted molar refractivity (Wildman–Crippen MR) is 76.1 cm³/mol. The lowest BCUT2D eigenvalue weighted by atomic mass is 9.99. The largest absolute Gasteiger partial charge is 0.504 e. The Labute approximate surface area is 113 Å². The van der Waals surface area contributed by atoms with Gasteiger partial charge in [-0.1, -0.05) is 6.07 Å². The van der Waals surface area contributed by atoms with E-state index in [0.717, 1.165) is 28.0 Å². The molecule has 0 saturated carbocycles. The molecule has 0 aliphatic rings. The molecule has 19 heavy (non-hydrogen) atoms. The Balaban J connectivity index is 2.58. The summed E-state index contributed by atoms with van der Waals surface area (Å²) in [7, 11) is 3.20. The van der Waals surface area contributed by atoms with Crippen molar-refractivity contribution in [3.05, 3.63) is 41.5 Å². The van der Waals surface area contributed by atoms with Gasteiger partial charge in [-0.25, -0.2) is 0 Å². The van der Waals surface area contributed by atoms with Crippen molar-refractivity contribution in [2.45, 2.75) is 13.8 Å². The molecular formula is C16H18O3. The number of benzene rings is 2. The molecule has 0 radical (unpaired) electrons. The van der Waals surface area contributed by atoms with E-state index in [4.69, 9.17) is 9.47 Å². The third-order valence-corrected chi connectivity index (χ3v) is 3.15. The molecule has 0 bridgehead atoms. The van der Waals surface area contributed by atoms with Crippen LogP contribution in [0, 0.1) is 13.8 Å². The first-order chi connectivity index (χ1) is 9.06. The van der Waals surface area contributed by atoms with Gasteiger partial charge >= 0.3 is 0 Å². The molecule has 2 aromatic carbocycles. The fraction of sp³-hybridized carbons (Fsp3) is 0.250. The Bertz CT molecular complexity index is 603. The molecule has 2 rings (SSSR count). The predicted octanol–water partition coefficient (Wildman–Crippen LogP) is 3.69. The number of phenolic OH excluding ortho intramolecular Hbond substituents is 1. The molecule has 2 aromatic rings. The molecule has 3 nitrogen and oxygen atoms in total. The van der Waals surface area contributed by atoms with Gasteiger partial charge in [0, 0.05) is 5.56 Å². The third-order valence-electron chi connectivity index (χ3n) is 3.15. The van der Waals surface area contributed by atoms with Crippen LogP contribution in [0.25, 0.3) is 11.1 Å². The number of hydrogen-bond acceptors (Lipinski definition) is 3. The molecule has 1 N–H and O–H groups in total. The SMILES string of the molecule is COc1ccc(-c2cc(C)cc(OC)c2O)cc1C. The van der Waals surface area contributed by atoms with E-state index in [2.05, 4.69) is 0 Å². The quantitative estimate of drug-likeness (QED) is 0.912. The highest BCUT2D eigenvalue weighted by molar-refractivity contribution is 5.75. The van der Waals surface area contributed by atoms with Crippen LogP contribution >= 0.6 is 0 Å². The minimum Gasteiger partial charge on any atom is -0.504 e. The topological polar surface area (TPSA) is 38.7 Å². The maximum Gasteiger partial charge on any atom is 0.165 e. The van der Waals surface area contributed by atoms with Crippen molar-refractivity contribution in [1.29, 1.82) is 0 Å². The number of rotatable bonds is 3. The third kappa shape index (κ3) is 2.50. The van der Waals surface area contributed by atoms with E-state index in [-0.39, 0.29) is 5.75 Å². The summed E-state index contributed by atoms with van der Waals surface area (Å²) in [6.07, 6.45) is 0. The van der Waals surface area contributed by atoms with Crippen molar-refractivity contribution in [2.24, 2.45) is 0 Å². The van der Waals surface area contributed by atoms with E-state index >= 15 is 0 Å². The van der Waals surface area contributed by atoms with E-state index < -0.39 is 0 Å². The molecule has 0 unspecified atom stereocenters. The molecule has 0 fully saturated rings. The van der Waals surface area contributed by atoms with Gasteiger partial charge in [-0.05, 0) is 54.8 Å². The molecule has 0 saturated heterocycles. The van der Waals surface area contributed by atoms with E-state index in [1.807, 2.05) is 44.2 Å². The molecule has 0 aromatic heterocycles. The van der Waals surface area contributed by atoms with Gasteiger partial charge in [-0.15, -0.1) is 0 Å². The molecule has 0 aliphatic carbocycles. The summed E-state index contributed by atoms with van der Waals surface area (Å²) < 4.78 is 10.4. The van der Waals surface area contributed by atoms with Crippen molar-refractivity contribution >= 4 is 0 Å². The van der Waals surface area contributed by atoms with E-state index in [9.17, 15) is 5.11 Å². The summed E-state index contributed by atoms with van der Waals surface area (Å²) in [6.45, 7) is 3.95. The van der Waals surface area contributed by atoms with Gasteiger partial charge in [-0.2, -0.15) is 0 Å². The first kappa shape index (κ1) is 13.3. The molecule has 0 heterocycles. The summed E-state index contributed by atoms with van der Waals surface area (Å²) in [6, 6.07) is 9.58. The van der Waals surface area contributed by atoms with Gasteiger partial charge in [0.25, 0.3) is 0 Å². The fourth-order valence-electron chi connectivity index (χ4n) is 2.17. The zero-order valence-electron chi connectivity index (χ0n) is 11.7. The molecule has 0 aliphatic heterocycles. The molecule has 0 amide bonds. The Morgan fingerprint density at radius 1 is 0.895 bits per heavy atom. The van der Waals surface area contributed by atoms with Crippen LogP contribution in [-0.2, 0) is 0 Å². The number of aryl methyl sites for hydroxylation is 2. The van der Waals surface area contributed by atoms with Crippen LogP contribution in [0.15, 0.2) is 30.3 Å². The van der Waals surface area contributed by atoms with Crippen LogP contribution < -0.4 is 9.47 Å². The van der Waals surface area contributed by atoms with Crippen LogP contribution in [-0.4, -0.2) is 19.3 Å². The average Bonchev–Trinajstić information content (AvgIpc) is 2.40. The van der Waals surface area contributed by atoms with Crippen molar-refractivity contribution in [1.82, 2.24) is 0 Å². The molecule has 0 atom stereocenters. The normalized spacial score (nSPS) is 10.3. The standard InChI is InChI=1S/C16H18O3/c1-10-7-13(16(17)15(8-10)19-4)12-5-6-14(18-3)11(2)9-12/h5-9,17H,1-4H3. The second kappa shape index (κ2) is 5.22. The highest BCUT2D eigenvalue weighted by Gasteiger charge is 2.12. The van der Waals surface area contributed by atoms with Crippen molar-refractivity contribution in [2.75, 3.05) is 14.2 Å². The average molecular weight is 258 g/mol. The first-order valence-corrected chi connectivity index (χ1v) is 6.09. The number of hydrogen-bond donors (Lipinski definition) is 1. The van der Waals surface area contributed by atoms with Crippen LogP contribution in [0.3, 0.4) is 0 Å². The fourth-order valence-corrected chi connectivity index (χ4v) is 2.17. The van der Waals surface area contributed by atoms with E-state index in [0.29, 0.717) is 5.75 Å². The minimum absolute atomic E-state index is 0.165. The highest BCUT2D eigenvalue weighted by Crippen LogP contribution is 2.39. The Hall–Kier alpha value is -2.16. The van der Waals surface area contributed by atoms with E-state index in [1.165, 1.54) is 0 Å². The minimum atomic E-state index is 0.165. The van der Waals surface area contributed by atoms with Crippen LogP contribution in [0.4, 0.5) is 0 Å². The molecular weight excluding hydrogens is 240 g/mol. The Kier molecular flexibility index (Phi) is 3.65. The van der Waals surface area contributed by atoms with Gasteiger partial charge in [0.2, 0.25) is 0 Å². The zero-order valence-corrected chi connectivity index (χ0v) is 11.7. The van der Waals surface area contributed by atoms with Gasteiger partial charge in [-0.3, -0.25) is 0 Å². The Morgan fingerprint density at radius 3 is 2.16 bits per heavy atom. The summed E-state index contributed by atoms with van der Waals surface area (Å²) in [4.78, 5) is 0. The molecule has 0 spiro atoms. The smallest absolute Gasteiger partial charge is 0.165 e. The second-order valence-electron chi connectivity index (χ2n) is 4.55. The first-order valence-electron chi connectivity index (χ1n) is 6.09. The molecule has 3 heteroatoms. The van der Waals surface area contributed by atoms with Crippen LogP contribution in [0.2, 0.25) is 0 Å². The number of phenols is 1. The second-order valence-corrected chi connectivity index (χ2v) is 4.55. The van der Waals surface area contributed by atoms with Gasteiger partial charge < -0.3 is 14.6 Å². The van der Waals surface area contributed by atoms with Crippen LogP contribution in [0.5, 0.6) is 17.2 Å². The van der Waals surface area contributed by atoms with Gasteiger partial charge in [0.15, 0.2) is 11.5 Å². The number of methoxy groups -OCH3 is 2. The summed E-state index contributed by atoms with van der Waals surface area (Å²) in [5.74, 6) is 1.49. The van der Waals surface area contributed by atoms with E-state index in [1.54, 1.807) is 14.2 Å². The van der Waals surface area contributed by atoms with Crippen molar-refractivity contribution in [3.63, 3.8) is 0 Å². The maximum atomic E-state index is 10.2. The monoisotopic (exact) mass is 258 g/mol. The van der Waals surface area contributed by atoms with Crippen molar-refractivity contribution in [3.8, 4) is 28.4 Å². The zero-order chi connectivity index (χ0) is 14.0. The van der Waals surface area contributed by atoms with Crippen molar-refractivity contribution < 1.29 is 14.6 Å². The number of ether oxygens (including phenoxy) is 2. The highest BCUT2D eigenvalue weighted by atomic mass is 16.5. The summed E-state index contributed by atoms with van der Waals surface area (Å²) >= 11 is 0. The number of aromatic hydroxyl groups is 1. The summed E-state index contributed by atoms with van der Waals surface area (Å²) in [5, 5.41) is 10.2. The lowest BCUT2D eigenvalue weighted by molar-refractivity contribution is 0.374. The maximum absolute atomic E-state index is 10.2. The lowest BCUT2D eigenvalue weighted by Gasteiger charge is -2.12.